The average molecular weight is 603 g/mol. The zero-order valence-corrected chi connectivity index (χ0v) is 25.6. The van der Waals surface area contributed by atoms with Crippen LogP contribution in [0.3, 0.4) is 0 Å². The van der Waals surface area contributed by atoms with Gasteiger partial charge < -0.3 is 4.42 Å². The van der Waals surface area contributed by atoms with Crippen molar-refractivity contribution in [3.05, 3.63) is 157 Å². The molecule has 0 fully saturated rings. The van der Waals surface area contributed by atoms with Crippen LogP contribution < -0.4 is 0 Å². The molecule has 10 rings (SSSR count). The van der Waals surface area contributed by atoms with E-state index >= 15 is 0 Å². The Morgan fingerprint density at radius 1 is 0.391 bits per heavy atom. The van der Waals surface area contributed by atoms with E-state index in [1.54, 1.807) is 11.3 Å². The molecular weight excluding hydrogens is 577 g/mol. The van der Waals surface area contributed by atoms with Crippen LogP contribution in [0.4, 0.5) is 0 Å². The molecule has 0 saturated carbocycles. The summed E-state index contributed by atoms with van der Waals surface area (Å²) in [4.78, 5) is 0. The predicted octanol–water partition coefficient (Wildman–Crippen LogP) is 13.3. The zero-order valence-electron chi connectivity index (χ0n) is 24.8. The average Bonchev–Trinajstić information content (AvgIpc) is 3.72. The summed E-state index contributed by atoms with van der Waals surface area (Å²) in [6, 6.07) is 54.9. The molecule has 0 saturated heterocycles. The van der Waals surface area contributed by atoms with Crippen molar-refractivity contribution >= 4 is 75.7 Å². The lowest BCUT2D eigenvalue weighted by Crippen LogP contribution is -1.91. The quantitative estimate of drug-likeness (QED) is 0.183. The maximum atomic E-state index is 6.61. The summed E-state index contributed by atoms with van der Waals surface area (Å²) >= 11 is 1.80. The van der Waals surface area contributed by atoms with Gasteiger partial charge in [0.15, 0.2) is 0 Å². The minimum atomic E-state index is 0.918. The van der Waals surface area contributed by atoms with Crippen molar-refractivity contribution in [2.75, 3.05) is 0 Å². The van der Waals surface area contributed by atoms with Gasteiger partial charge in [-0.05, 0) is 89.8 Å². The van der Waals surface area contributed by atoms with Crippen molar-refractivity contribution in [2.45, 2.75) is 0 Å². The fourth-order valence-corrected chi connectivity index (χ4v) is 8.65. The highest BCUT2D eigenvalue weighted by Crippen LogP contribution is 2.47. The number of rotatable bonds is 3. The van der Waals surface area contributed by atoms with Crippen LogP contribution in [0.1, 0.15) is 0 Å². The Labute approximate surface area is 269 Å². The van der Waals surface area contributed by atoms with Crippen LogP contribution >= 0.6 is 11.3 Å². The highest BCUT2D eigenvalue weighted by atomic mass is 32.1. The molecule has 8 aromatic carbocycles. The number of thiophene rings is 1. The molecule has 214 valence electrons. The summed E-state index contributed by atoms with van der Waals surface area (Å²) in [6.45, 7) is 0. The van der Waals surface area contributed by atoms with Gasteiger partial charge >= 0.3 is 0 Å². The monoisotopic (exact) mass is 602 g/mol. The summed E-state index contributed by atoms with van der Waals surface area (Å²) in [5.41, 5.74) is 9.32. The summed E-state index contributed by atoms with van der Waals surface area (Å²) in [6.07, 6.45) is 0. The van der Waals surface area contributed by atoms with Crippen molar-refractivity contribution in [3.63, 3.8) is 0 Å². The molecule has 0 amide bonds. The second kappa shape index (κ2) is 9.90. The summed E-state index contributed by atoms with van der Waals surface area (Å²) in [5, 5.41) is 13.4. The van der Waals surface area contributed by atoms with E-state index in [0.717, 1.165) is 22.1 Å². The van der Waals surface area contributed by atoms with Gasteiger partial charge in [0.2, 0.25) is 0 Å². The molecule has 0 spiro atoms. The van der Waals surface area contributed by atoms with Crippen LogP contribution in [0.2, 0.25) is 0 Å². The Morgan fingerprint density at radius 3 is 1.78 bits per heavy atom. The van der Waals surface area contributed by atoms with E-state index in [1.165, 1.54) is 75.6 Å². The molecular formula is C44H26OS. The van der Waals surface area contributed by atoms with Gasteiger partial charge in [0.05, 0.1) is 0 Å². The standard InChI is InChI=1S/C44H26OS/c1-2-11-28(12-3-1)38-26-46-44-36(38)23-24-39-43(44)37-22-21-29(25-40(37)45-39)41-32-16-6-8-18-34(32)42(35-19-9-7-17-33(35)41)31-20-10-14-27-13-4-5-15-30(27)31/h1-26H. The number of benzene rings is 8. The Hall–Kier alpha value is -5.70. The fraction of sp³-hybridized carbons (Fsp3) is 0. The van der Waals surface area contributed by atoms with E-state index in [4.69, 9.17) is 4.42 Å². The molecule has 2 heteroatoms. The van der Waals surface area contributed by atoms with Gasteiger partial charge in [-0.1, -0.05) is 127 Å². The van der Waals surface area contributed by atoms with Gasteiger partial charge in [-0.15, -0.1) is 11.3 Å². The van der Waals surface area contributed by atoms with E-state index < -0.39 is 0 Å². The zero-order chi connectivity index (χ0) is 30.2. The van der Waals surface area contributed by atoms with E-state index in [2.05, 4.69) is 157 Å². The van der Waals surface area contributed by atoms with Crippen molar-refractivity contribution < 1.29 is 4.42 Å². The number of hydrogen-bond acceptors (Lipinski definition) is 2. The van der Waals surface area contributed by atoms with E-state index in [1.807, 2.05) is 0 Å². The topological polar surface area (TPSA) is 13.1 Å². The molecule has 0 aliphatic heterocycles. The molecule has 0 atom stereocenters. The smallest absolute Gasteiger partial charge is 0.136 e. The lowest BCUT2D eigenvalue weighted by atomic mass is 9.84. The first-order valence-electron chi connectivity index (χ1n) is 15.7. The molecule has 0 bridgehead atoms. The maximum absolute atomic E-state index is 6.61. The first-order chi connectivity index (χ1) is 22.8. The third kappa shape index (κ3) is 3.68. The highest BCUT2D eigenvalue weighted by molar-refractivity contribution is 7.19. The Bertz CT molecular complexity index is 2740. The lowest BCUT2D eigenvalue weighted by Gasteiger charge is -2.18. The first kappa shape index (κ1) is 25.6. The molecule has 46 heavy (non-hydrogen) atoms. The van der Waals surface area contributed by atoms with Crippen LogP contribution in [-0.4, -0.2) is 0 Å². The molecule has 0 aliphatic rings. The lowest BCUT2D eigenvalue weighted by molar-refractivity contribution is 0.669. The second-order valence-corrected chi connectivity index (χ2v) is 12.9. The molecule has 0 N–H and O–H groups in total. The van der Waals surface area contributed by atoms with Crippen LogP contribution in [-0.2, 0) is 0 Å². The van der Waals surface area contributed by atoms with E-state index in [0.29, 0.717) is 0 Å². The molecule has 0 unspecified atom stereocenters. The molecule has 10 aromatic rings. The summed E-state index contributed by atoms with van der Waals surface area (Å²) < 4.78 is 7.89. The van der Waals surface area contributed by atoms with Gasteiger partial charge in [-0.25, -0.2) is 0 Å². The van der Waals surface area contributed by atoms with Gasteiger partial charge in [0.25, 0.3) is 0 Å². The van der Waals surface area contributed by atoms with Crippen LogP contribution in [0, 0.1) is 0 Å². The minimum Gasteiger partial charge on any atom is -0.456 e. The van der Waals surface area contributed by atoms with Crippen molar-refractivity contribution in [2.24, 2.45) is 0 Å². The Kier molecular flexibility index (Phi) is 5.51. The second-order valence-electron chi connectivity index (χ2n) is 12.0. The van der Waals surface area contributed by atoms with Crippen molar-refractivity contribution in [1.29, 1.82) is 0 Å². The van der Waals surface area contributed by atoms with Crippen molar-refractivity contribution in [3.8, 4) is 33.4 Å². The number of furan rings is 1. The van der Waals surface area contributed by atoms with Crippen LogP contribution in [0.25, 0.3) is 97.7 Å². The predicted molar refractivity (Wildman–Crippen MR) is 198 cm³/mol. The SMILES string of the molecule is c1ccc(-c2csc3c2ccc2oc4cc(-c5c6ccccc6c(-c6cccc7ccccc67)c6ccccc56)ccc4c23)cc1. The first-order valence-corrected chi connectivity index (χ1v) is 16.6. The fourth-order valence-electron chi connectivity index (χ4n) is 7.52. The Morgan fingerprint density at radius 2 is 1.02 bits per heavy atom. The Balaban J connectivity index is 1.24. The number of hydrogen-bond donors (Lipinski definition) is 0. The molecule has 2 aromatic heterocycles. The normalized spacial score (nSPS) is 11.9. The molecule has 0 aliphatic carbocycles. The van der Waals surface area contributed by atoms with E-state index in [9.17, 15) is 0 Å². The van der Waals surface area contributed by atoms with Gasteiger partial charge in [-0.2, -0.15) is 0 Å². The van der Waals surface area contributed by atoms with E-state index in [-0.39, 0.29) is 0 Å². The van der Waals surface area contributed by atoms with Gasteiger partial charge in [-0.3, -0.25) is 0 Å². The van der Waals surface area contributed by atoms with Crippen molar-refractivity contribution in [1.82, 2.24) is 0 Å². The maximum Gasteiger partial charge on any atom is 0.136 e. The van der Waals surface area contributed by atoms with Crippen LogP contribution in [0.5, 0.6) is 0 Å². The summed E-state index contributed by atoms with van der Waals surface area (Å²) in [7, 11) is 0. The largest absolute Gasteiger partial charge is 0.456 e. The third-order valence-corrected chi connectivity index (χ3v) is 10.6. The van der Waals surface area contributed by atoms with Crippen LogP contribution in [0.15, 0.2) is 161 Å². The molecule has 1 nitrogen and oxygen atoms in total. The van der Waals surface area contributed by atoms with Gasteiger partial charge in [0.1, 0.15) is 11.2 Å². The highest BCUT2D eigenvalue weighted by Gasteiger charge is 2.20. The molecule has 2 heterocycles. The third-order valence-electron chi connectivity index (χ3n) is 9.54. The minimum absolute atomic E-state index is 0.918. The summed E-state index contributed by atoms with van der Waals surface area (Å²) in [5.74, 6) is 0. The number of fused-ring (bicyclic) bond motifs is 8. The van der Waals surface area contributed by atoms with Gasteiger partial charge in [0, 0.05) is 26.4 Å². The molecule has 0 radical (unpaired) electrons.